The van der Waals surface area contributed by atoms with E-state index in [1.165, 1.54) is 5.56 Å². The first-order chi connectivity index (χ1) is 8.78. The molecule has 1 aromatic heterocycles. The third-order valence-electron chi connectivity index (χ3n) is 2.60. The first kappa shape index (κ1) is 12.6. The van der Waals surface area contributed by atoms with Crippen molar-refractivity contribution < 1.29 is 4.74 Å². The van der Waals surface area contributed by atoms with Gasteiger partial charge in [0.2, 0.25) is 0 Å². The fourth-order valence-corrected chi connectivity index (χ4v) is 1.64. The van der Waals surface area contributed by atoms with E-state index in [2.05, 4.69) is 23.3 Å². The molecule has 2 rings (SSSR count). The molecular weight excluding hydrogens is 224 g/mol. The van der Waals surface area contributed by atoms with E-state index in [-0.39, 0.29) is 0 Å². The highest BCUT2D eigenvalue weighted by Crippen LogP contribution is 2.21. The molecule has 1 heterocycles. The molecule has 18 heavy (non-hydrogen) atoms. The fraction of sp³-hybridized carbons (Fsp3) is 0.267. The van der Waals surface area contributed by atoms with E-state index in [9.17, 15) is 0 Å². The highest BCUT2D eigenvalue weighted by Gasteiger charge is 1.99. The smallest absolute Gasteiger partial charge is 0.145 e. The zero-order valence-electron chi connectivity index (χ0n) is 10.8. The van der Waals surface area contributed by atoms with Crippen LogP contribution in [0.1, 0.15) is 18.2 Å². The normalized spacial score (nSPS) is 10.3. The van der Waals surface area contributed by atoms with E-state index in [1.807, 2.05) is 37.3 Å². The van der Waals surface area contributed by atoms with Crippen molar-refractivity contribution in [2.75, 3.05) is 6.54 Å². The molecule has 1 N–H and O–H groups in total. The first-order valence-corrected chi connectivity index (χ1v) is 6.18. The molecule has 0 aliphatic carbocycles. The van der Waals surface area contributed by atoms with Gasteiger partial charge >= 0.3 is 0 Å². The molecule has 0 unspecified atom stereocenters. The molecule has 3 nitrogen and oxygen atoms in total. The van der Waals surface area contributed by atoms with Gasteiger partial charge in [0.25, 0.3) is 0 Å². The molecule has 0 atom stereocenters. The Morgan fingerprint density at radius 2 is 2.06 bits per heavy atom. The summed E-state index contributed by atoms with van der Waals surface area (Å²) in [5.74, 6) is 1.61. The zero-order chi connectivity index (χ0) is 12.8. The van der Waals surface area contributed by atoms with Crippen molar-refractivity contribution in [3.63, 3.8) is 0 Å². The Balaban J connectivity index is 2.06. The number of nitrogens with zero attached hydrogens (tertiary/aromatic N) is 1. The number of pyridine rings is 1. The Morgan fingerprint density at radius 1 is 1.17 bits per heavy atom. The van der Waals surface area contributed by atoms with Crippen molar-refractivity contribution in [2.24, 2.45) is 0 Å². The number of nitrogens with one attached hydrogen (secondary N) is 1. The molecule has 2 aromatic rings. The number of benzene rings is 1. The molecule has 0 amide bonds. The van der Waals surface area contributed by atoms with Crippen LogP contribution in [0.3, 0.4) is 0 Å². The monoisotopic (exact) mass is 242 g/mol. The van der Waals surface area contributed by atoms with Crippen LogP contribution in [0.2, 0.25) is 0 Å². The average Bonchev–Trinajstić information content (AvgIpc) is 2.40. The van der Waals surface area contributed by atoms with Crippen LogP contribution in [0.15, 0.2) is 42.6 Å². The maximum Gasteiger partial charge on any atom is 0.145 e. The second kappa shape index (κ2) is 6.17. The van der Waals surface area contributed by atoms with Gasteiger partial charge in [0.15, 0.2) is 0 Å². The van der Waals surface area contributed by atoms with Gasteiger partial charge in [-0.3, -0.25) is 4.98 Å². The SMILES string of the molecule is CCNCc1cccc(Oc2ccc(C)nc2)c1. The lowest BCUT2D eigenvalue weighted by Crippen LogP contribution is -2.11. The van der Waals surface area contributed by atoms with Crippen LogP contribution in [0.5, 0.6) is 11.5 Å². The number of aromatic nitrogens is 1. The van der Waals surface area contributed by atoms with Crippen LogP contribution in [-0.2, 0) is 6.54 Å². The minimum atomic E-state index is 0.765. The van der Waals surface area contributed by atoms with Gasteiger partial charge in [0, 0.05) is 12.2 Å². The van der Waals surface area contributed by atoms with Crippen LogP contribution in [0, 0.1) is 6.92 Å². The molecule has 0 radical (unpaired) electrons. The van der Waals surface area contributed by atoms with Crippen molar-refractivity contribution in [1.82, 2.24) is 10.3 Å². The summed E-state index contributed by atoms with van der Waals surface area (Å²) in [4.78, 5) is 4.21. The highest BCUT2D eigenvalue weighted by atomic mass is 16.5. The molecule has 94 valence electrons. The van der Waals surface area contributed by atoms with Gasteiger partial charge in [-0.2, -0.15) is 0 Å². The maximum absolute atomic E-state index is 5.76. The average molecular weight is 242 g/mol. The summed E-state index contributed by atoms with van der Waals surface area (Å²) in [5.41, 5.74) is 2.21. The summed E-state index contributed by atoms with van der Waals surface area (Å²) in [6, 6.07) is 12.0. The van der Waals surface area contributed by atoms with Crippen molar-refractivity contribution in [1.29, 1.82) is 0 Å². The Kier molecular flexibility index (Phi) is 4.31. The number of ether oxygens (including phenoxy) is 1. The molecule has 0 spiro atoms. The third-order valence-corrected chi connectivity index (χ3v) is 2.60. The highest BCUT2D eigenvalue weighted by molar-refractivity contribution is 5.33. The quantitative estimate of drug-likeness (QED) is 0.873. The van der Waals surface area contributed by atoms with Crippen molar-refractivity contribution in [3.05, 3.63) is 53.9 Å². The Labute approximate surface area is 108 Å². The lowest BCUT2D eigenvalue weighted by molar-refractivity contribution is 0.479. The molecule has 0 fully saturated rings. The maximum atomic E-state index is 5.76. The summed E-state index contributed by atoms with van der Waals surface area (Å²) in [5, 5.41) is 3.30. The Morgan fingerprint density at radius 3 is 2.78 bits per heavy atom. The van der Waals surface area contributed by atoms with Gasteiger partial charge in [0.1, 0.15) is 11.5 Å². The van der Waals surface area contributed by atoms with Gasteiger partial charge in [-0.15, -0.1) is 0 Å². The zero-order valence-corrected chi connectivity index (χ0v) is 10.8. The van der Waals surface area contributed by atoms with E-state index >= 15 is 0 Å². The van der Waals surface area contributed by atoms with Gasteiger partial charge < -0.3 is 10.1 Å². The summed E-state index contributed by atoms with van der Waals surface area (Å²) in [6.07, 6.45) is 1.74. The second-order valence-electron chi connectivity index (χ2n) is 4.17. The van der Waals surface area contributed by atoms with E-state index in [0.717, 1.165) is 30.3 Å². The third kappa shape index (κ3) is 3.57. The summed E-state index contributed by atoms with van der Waals surface area (Å²) < 4.78 is 5.76. The lowest BCUT2D eigenvalue weighted by Gasteiger charge is -2.08. The Bertz CT molecular complexity index is 494. The van der Waals surface area contributed by atoms with E-state index < -0.39 is 0 Å². The topological polar surface area (TPSA) is 34.1 Å². The molecule has 0 aliphatic rings. The van der Waals surface area contributed by atoms with Crippen LogP contribution in [-0.4, -0.2) is 11.5 Å². The largest absolute Gasteiger partial charge is 0.456 e. The van der Waals surface area contributed by atoms with Gasteiger partial charge in [-0.05, 0) is 43.3 Å². The van der Waals surface area contributed by atoms with Crippen LogP contribution < -0.4 is 10.1 Å². The minimum Gasteiger partial charge on any atom is -0.456 e. The van der Waals surface area contributed by atoms with E-state index in [4.69, 9.17) is 4.74 Å². The predicted octanol–water partition coefficient (Wildman–Crippen LogP) is 3.29. The van der Waals surface area contributed by atoms with E-state index in [0.29, 0.717) is 0 Å². The van der Waals surface area contributed by atoms with Crippen LogP contribution >= 0.6 is 0 Å². The summed E-state index contributed by atoms with van der Waals surface area (Å²) in [7, 11) is 0. The molecule has 1 aromatic carbocycles. The molecule has 3 heteroatoms. The second-order valence-corrected chi connectivity index (χ2v) is 4.17. The predicted molar refractivity (Wildman–Crippen MR) is 72.9 cm³/mol. The van der Waals surface area contributed by atoms with Crippen LogP contribution in [0.4, 0.5) is 0 Å². The number of hydrogen-bond donors (Lipinski definition) is 1. The number of rotatable bonds is 5. The Hall–Kier alpha value is -1.87. The first-order valence-electron chi connectivity index (χ1n) is 6.18. The van der Waals surface area contributed by atoms with Crippen LogP contribution in [0.25, 0.3) is 0 Å². The van der Waals surface area contributed by atoms with Gasteiger partial charge in [0.05, 0.1) is 6.20 Å². The van der Waals surface area contributed by atoms with Crippen molar-refractivity contribution in [2.45, 2.75) is 20.4 Å². The number of aryl methyl sites for hydroxylation is 1. The molecule has 0 aliphatic heterocycles. The standard InChI is InChI=1S/C15H18N2O/c1-3-16-10-13-5-4-6-14(9-13)18-15-8-7-12(2)17-11-15/h4-9,11,16H,3,10H2,1-2H3. The lowest BCUT2D eigenvalue weighted by atomic mass is 10.2. The molecule has 0 saturated carbocycles. The summed E-state index contributed by atoms with van der Waals surface area (Å²) >= 11 is 0. The van der Waals surface area contributed by atoms with Crippen molar-refractivity contribution >= 4 is 0 Å². The molecule has 0 bridgehead atoms. The van der Waals surface area contributed by atoms with Gasteiger partial charge in [-0.1, -0.05) is 19.1 Å². The molecule has 0 saturated heterocycles. The summed E-state index contributed by atoms with van der Waals surface area (Å²) in [6.45, 7) is 5.88. The van der Waals surface area contributed by atoms with Crippen molar-refractivity contribution in [3.8, 4) is 11.5 Å². The molecular formula is C15H18N2O. The fourth-order valence-electron chi connectivity index (χ4n) is 1.64. The van der Waals surface area contributed by atoms with Gasteiger partial charge in [-0.25, -0.2) is 0 Å². The minimum absolute atomic E-state index is 0.765. The number of hydrogen-bond acceptors (Lipinski definition) is 3. The van der Waals surface area contributed by atoms with E-state index in [1.54, 1.807) is 6.20 Å².